The van der Waals surface area contributed by atoms with Gasteiger partial charge in [-0.1, -0.05) is 36.0 Å². The molecule has 0 bridgehead atoms. The van der Waals surface area contributed by atoms with E-state index in [1.165, 1.54) is 25.7 Å². The van der Waals surface area contributed by atoms with Gasteiger partial charge in [0.15, 0.2) is 11.5 Å². The molecule has 0 aliphatic heterocycles. The number of hydrogen-bond donors (Lipinski definition) is 1. The van der Waals surface area contributed by atoms with Crippen LogP contribution in [0.5, 0.6) is 0 Å². The van der Waals surface area contributed by atoms with E-state index >= 15 is 0 Å². The summed E-state index contributed by atoms with van der Waals surface area (Å²) in [5.74, 6) is 1.29. The van der Waals surface area contributed by atoms with Crippen LogP contribution in [0.2, 0.25) is 10.0 Å². The third-order valence-corrected chi connectivity index (χ3v) is 5.63. The van der Waals surface area contributed by atoms with Gasteiger partial charge in [-0.3, -0.25) is 4.68 Å². The SMILES string of the molecule is Clc1cc(Cl)cc(-c2nnc3ccc(NCc4ccn(C5CCCC5)n4)nn23)c1. The average molecular weight is 428 g/mol. The molecule has 148 valence electrons. The van der Waals surface area contributed by atoms with Gasteiger partial charge in [0.2, 0.25) is 0 Å². The number of fused-ring (bicyclic) bond motifs is 1. The van der Waals surface area contributed by atoms with E-state index in [0.717, 1.165) is 11.3 Å². The summed E-state index contributed by atoms with van der Waals surface area (Å²) in [7, 11) is 0. The van der Waals surface area contributed by atoms with Crippen LogP contribution in [0.25, 0.3) is 17.0 Å². The standard InChI is InChI=1S/C20H19Cl2N7/c21-14-9-13(10-15(22)11-14)20-25-24-19-6-5-18(27-29(19)20)23-12-16-7-8-28(26-16)17-3-1-2-4-17/h5-11,17H,1-4,12H2,(H,23,27). The fraction of sp³-hybridized carbons (Fsp3) is 0.300. The molecule has 0 unspecified atom stereocenters. The summed E-state index contributed by atoms with van der Waals surface area (Å²) in [5.41, 5.74) is 2.39. The molecule has 5 rings (SSSR count). The Kier molecular flexibility index (Phi) is 4.85. The number of nitrogens with zero attached hydrogens (tertiary/aromatic N) is 6. The fourth-order valence-corrected chi connectivity index (χ4v) is 4.30. The smallest absolute Gasteiger partial charge is 0.185 e. The van der Waals surface area contributed by atoms with Gasteiger partial charge in [0, 0.05) is 21.8 Å². The van der Waals surface area contributed by atoms with Crippen molar-refractivity contribution in [2.24, 2.45) is 0 Å². The topological polar surface area (TPSA) is 72.9 Å². The second-order valence-corrected chi connectivity index (χ2v) is 8.12. The number of rotatable bonds is 5. The molecule has 1 aromatic carbocycles. The minimum Gasteiger partial charge on any atom is -0.363 e. The Morgan fingerprint density at radius 2 is 1.76 bits per heavy atom. The van der Waals surface area contributed by atoms with Gasteiger partial charge in [0.05, 0.1) is 18.3 Å². The second-order valence-electron chi connectivity index (χ2n) is 7.25. The summed E-state index contributed by atoms with van der Waals surface area (Å²) in [6.45, 7) is 0.596. The quantitative estimate of drug-likeness (QED) is 0.483. The molecule has 0 spiro atoms. The average Bonchev–Trinajstić information content (AvgIpc) is 3.44. The third-order valence-electron chi connectivity index (χ3n) is 5.20. The molecule has 1 aliphatic carbocycles. The molecule has 9 heteroatoms. The van der Waals surface area contributed by atoms with E-state index in [-0.39, 0.29) is 0 Å². The molecule has 3 aromatic heterocycles. The highest BCUT2D eigenvalue weighted by Crippen LogP contribution is 2.29. The molecule has 0 saturated heterocycles. The van der Waals surface area contributed by atoms with Gasteiger partial charge in [-0.15, -0.1) is 15.3 Å². The molecular weight excluding hydrogens is 409 g/mol. The lowest BCUT2D eigenvalue weighted by Crippen LogP contribution is -2.08. The number of benzene rings is 1. The van der Waals surface area contributed by atoms with Crippen LogP contribution in [-0.4, -0.2) is 29.6 Å². The molecule has 0 radical (unpaired) electrons. The highest BCUT2D eigenvalue weighted by atomic mass is 35.5. The molecule has 0 amide bonds. The lowest BCUT2D eigenvalue weighted by atomic mass is 10.2. The molecule has 3 heterocycles. The van der Waals surface area contributed by atoms with Gasteiger partial charge < -0.3 is 5.32 Å². The van der Waals surface area contributed by atoms with Gasteiger partial charge in [-0.25, -0.2) is 0 Å². The van der Waals surface area contributed by atoms with E-state index < -0.39 is 0 Å². The maximum absolute atomic E-state index is 6.13. The van der Waals surface area contributed by atoms with Crippen LogP contribution >= 0.6 is 23.2 Å². The van der Waals surface area contributed by atoms with Gasteiger partial charge in [0.1, 0.15) is 5.82 Å². The Bertz CT molecular complexity index is 1140. The van der Waals surface area contributed by atoms with E-state index in [1.807, 2.05) is 12.1 Å². The molecule has 1 N–H and O–H groups in total. The molecule has 1 aliphatic rings. The van der Waals surface area contributed by atoms with E-state index in [0.29, 0.717) is 39.9 Å². The Hall–Kier alpha value is -2.64. The molecule has 7 nitrogen and oxygen atoms in total. The number of aromatic nitrogens is 6. The summed E-state index contributed by atoms with van der Waals surface area (Å²) in [6, 6.07) is 11.6. The van der Waals surface area contributed by atoms with Crippen molar-refractivity contribution in [2.75, 3.05) is 5.32 Å². The lowest BCUT2D eigenvalue weighted by molar-refractivity contribution is 0.463. The van der Waals surface area contributed by atoms with Gasteiger partial charge in [-0.2, -0.15) is 9.61 Å². The van der Waals surface area contributed by atoms with Crippen LogP contribution in [0.1, 0.15) is 37.4 Å². The normalized spacial score (nSPS) is 14.7. The van der Waals surface area contributed by atoms with Crippen molar-refractivity contribution >= 4 is 34.7 Å². The zero-order valence-electron chi connectivity index (χ0n) is 15.6. The summed E-state index contributed by atoms with van der Waals surface area (Å²) in [6.07, 6.45) is 7.10. The number of anilines is 1. The summed E-state index contributed by atoms with van der Waals surface area (Å²) < 4.78 is 3.78. The fourth-order valence-electron chi connectivity index (χ4n) is 3.77. The van der Waals surface area contributed by atoms with Crippen LogP contribution in [-0.2, 0) is 6.54 Å². The Balaban J connectivity index is 1.37. The minimum atomic E-state index is 0.538. The highest BCUT2D eigenvalue weighted by molar-refractivity contribution is 6.35. The zero-order valence-corrected chi connectivity index (χ0v) is 17.1. The molecule has 4 aromatic rings. The van der Waals surface area contributed by atoms with Crippen molar-refractivity contribution in [1.82, 2.24) is 29.6 Å². The lowest BCUT2D eigenvalue weighted by Gasteiger charge is -2.09. The van der Waals surface area contributed by atoms with Gasteiger partial charge >= 0.3 is 0 Å². The molecule has 1 fully saturated rings. The van der Waals surface area contributed by atoms with Crippen molar-refractivity contribution in [3.05, 3.63) is 58.3 Å². The van der Waals surface area contributed by atoms with Crippen LogP contribution < -0.4 is 5.32 Å². The first-order valence-corrected chi connectivity index (χ1v) is 10.4. The second kappa shape index (κ2) is 7.65. The number of halogens is 2. The van der Waals surface area contributed by atoms with Crippen LogP contribution in [0.4, 0.5) is 5.82 Å². The molecule has 1 saturated carbocycles. The number of hydrogen-bond acceptors (Lipinski definition) is 5. The van der Waals surface area contributed by atoms with Crippen molar-refractivity contribution in [2.45, 2.75) is 38.3 Å². The molecule has 29 heavy (non-hydrogen) atoms. The zero-order chi connectivity index (χ0) is 19.8. The van der Waals surface area contributed by atoms with Crippen molar-refractivity contribution in [3.8, 4) is 11.4 Å². The summed E-state index contributed by atoms with van der Waals surface area (Å²) in [4.78, 5) is 0. The maximum Gasteiger partial charge on any atom is 0.185 e. The van der Waals surface area contributed by atoms with Crippen molar-refractivity contribution in [3.63, 3.8) is 0 Å². The third kappa shape index (κ3) is 3.80. The predicted molar refractivity (Wildman–Crippen MR) is 113 cm³/mol. The van der Waals surface area contributed by atoms with Crippen molar-refractivity contribution < 1.29 is 0 Å². The summed E-state index contributed by atoms with van der Waals surface area (Å²) in [5, 5.41) is 22.2. The monoisotopic (exact) mass is 427 g/mol. The first kappa shape index (κ1) is 18.4. The minimum absolute atomic E-state index is 0.538. The van der Waals surface area contributed by atoms with E-state index in [2.05, 4.69) is 37.6 Å². The highest BCUT2D eigenvalue weighted by Gasteiger charge is 2.17. The van der Waals surface area contributed by atoms with E-state index in [1.54, 1.807) is 22.7 Å². The van der Waals surface area contributed by atoms with Crippen LogP contribution in [0.3, 0.4) is 0 Å². The first-order chi connectivity index (χ1) is 14.2. The molecular formula is C20H19Cl2N7. The number of nitrogens with one attached hydrogen (secondary N) is 1. The largest absolute Gasteiger partial charge is 0.363 e. The van der Waals surface area contributed by atoms with Crippen molar-refractivity contribution in [1.29, 1.82) is 0 Å². The van der Waals surface area contributed by atoms with Crippen LogP contribution in [0.15, 0.2) is 42.6 Å². The van der Waals surface area contributed by atoms with Gasteiger partial charge in [0.25, 0.3) is 0 Å². The first-order valence-electron chi connectivity index (χ1n) is 9.62. The molecule has 0 atom stereocenters. The maximum atomic E-state index is 6.13. The van der Waals surface area contributed by atoms with E-state index in [9.17, 15) is 0 Å². The Labute approximate surface area is 177 Å². The predicted octanol–water partition coefficient (Wildman–Crippen LogP) is 5.02. The summed E-state index contributed by atoms with van der Waals surface area (Å²) >= 11 is 12.3. The van der Waals surface area contributed by atoms with Gasteiger partial charge in [-0.05, 0) is 49.2 Å². The Morgan fingerprint density at radius 1 is 0.966 bits per heavy atom. The van der Waals surface area contributed by atoms with Crippen LogP contribution in [0, 0.1) is 0 Å². The van der Waals surface area contributed by atoms with E-state index in [4.69, 9.17) is 28.3 Å². The Morgan fingerprint density at radius 3 is 2.55 bits per heavy atom.